The molecule has 0 saturated heterocycles. The highest BCUT2D eigenvalue weighted by atomic mass is 19.1. The van der Waals surface area contributed by atoms with Gasteiger partial charge in [0, 0.05) is 19.6 Å². The van der Waals surface area contributed by atoms with Gasteiger partial charge in [-0.3, -0.25) is 0 Å². The summed E-state index contributed by atoms with van der Waals surface area (Å²) in [4.78, 5) is 4.22. The first-order valence-corrected chi connectivity index (χ1v) is 4.13. The van der Waals surface area contributed by atoms with Crippen molar-refractivity contribution in [1.29, 1.82) is 0 Å². The van der Waals surface area contributed by atoms with E-state index in [1.54, 1.807) is 0 Å². The molecule has 3 heteroatoms. The minimum atomic E-state index is -0.244. The van der Waals surface area contributed by atoms with E-state index in [0.717, 1.165) is 19.6 Å². The molecule has 0 aromatic rings. The van der Waals surface area contributed by atoms with Crippen molar-refractivity contribution in [2.24, 2.45) is 0 Å². The molecule has 0 aliphatic rings. The van der Waals surface area contributed by atoms with E-state index in [2.05, 4.69) is 18.9 Å². The molecule has 0 saturated carbocycles. The van der Waals surface area contributed by atoms with E-state index < -0.39 is 0 Å². The smallest absolute Gasteiger partial charge is 0.102 e. The molecule has 0 amide bonds. The Bertz CT molecular complexity index is 88.2. The molecule has 0 radical (unpaired) electrons. The summed E-state index contributed by atoms with van der Waals surface area (Å²) < 4.78 is 11.8. The van der Waals surface area contributed by atoms with Gasteiger partial charge in [0.15, 0.2) is 0 Å². The Balaban J connectivity index is 3.22. The lowest BCUT2D eigenvalue weighted by Crippen LogP contribution is -2.31. The fourth-order valence-corrected chi connectivity index (χ4v) is 0.756. The summed E-state index contributed by atoms with van der Waals surface area (Å²) in [6.07, 6.45) is 0. The van der Waals surface area contributed by atoms with Crippen LogP contribution < -0.4 is 0 Å². The molecule has 0 heterocycles. The molecular formula is C8H19FN2. The van der Waals surface area contributed by atoms with Crippen LogP contribution in [0.1, 0.15) is 6.92 Å². The second-order valence-electron chi connectivity index (χ2n) is 2.89. The summed E-state index contributed by atoms with van der Waals surface area (Å²) in [6.45, 7) is 5.46. The van der Waals surface area contributed by atoms with Crippen LogP contribution in [0.25, 0.3) is 0 Å². The Labute approximate surface area is 69.0 Å². The van der Waals surface area contributed by atoms with Crippen molar-refractivity contribution in [3.63, 3.8) is 0 Å². The van der Waals surface area contributed by atoms with Crippen LogP contribution in [0.2, 0.25) is 0 Å². The molecule has 0 aromatic carbocycles. The molecule has 0 N–H and O–H groups in total. The molecule has 0 aliphatic carbocycles. The summed E-state index contributed by atoms with van der Waals surface area (Å²) >= 11 is 0. The zero-order valence-electron chi connectivity index (χ0n) is 7.81. The molecular weight excluding hydrogens is 143 g/mol. The first-order chi connectivity index (χ1) is 5.20. The van der Waals surface area contributed by atoms with Gasteiger partial charge in [-0.2, -0.15) is 0 Å². The highest BCUT2D eigenvalue weighted by molar-refractivity contribution is 4.54. The summed E-state index contributed by atoms with van der Waals surface area (Å²) in [5.41, 5.74) is 0. The normalized spacial score (nSPS) is 11.5. The number of likely N-dealkylation sites (N-methyl/N-ethyl adjacent to an activating group) is 2. The van der Waals surface area contributed by atoms with E-state index >= 15 is 0 Å². The van der Waals surface area contributed by atoms with Crippen molar-refractivity contribution in [3.8, 4) is 0 Å². The van der Waals surface area contributed by atoms with E-state index in [1.807, 2.05) is 11.9 Å². The van der Waals surface area contributed by atoms with Crippen LogP contribution in [0.15, 0.2) is 0 Å². The summed E-state index contributed by atoms with van der Waals surface area (Å²) in [5.74, 6) is 0. The van der Waals surface area contributed by atoms with Crippen LogP contribution in [0.3, 0.4) is 0 Å². The molecule has 2 nitrogen and oxygen atoms in total. The average Bonchev–Trinajstić information content (AvgIpc) is 2.01. The number of rotatable bonds is 6. The number of hydrogen-bond donors (Lipinski definition) is 0. The zero-order chi connectivity index (χ0) is 8.69. The Morgan fingerprint density at radius 1 is 1.00 bits per heavy atom. The van der Waals surface area contributed by atoms with Crippen molar-refractivity contribution in [1.82, 2.24) is 9.80 Å². The first kappa shape index (κ1) is 10.8. The van der Waals surface area contributed by atoms with Crippen LogP contribution in [0.4, 0.5) is 4.39 Å². The lowest BCUT2D eigenvalue weighted by atomic mass is 10.5. The van der Waals surface area contributed by atoms with Crippen LogP contribution in [0.5, 0.6) is 0 Å². The third kappa shape index (κ3) is 6.26. The molecule has 0 spiro atoms. The third-order valence-electron chi connectivity index (χ3n) is 1.87. The van der Waals surface area contributed by atoms with Crippen molar-refractivity contribution in [2.75, 3.05) is 46.9 Å². The van der Waals surface area contributed by atoms with Crippen molar-refractivity contribution in [3.05, 3.63) is 0 Å². The van der Waals surface area contributed by atoms with Crippen LogP contribution in [-0.4, -0.2) is 56.7 Å². The summed E-state index contributed by atoms with van der Waals surface area (Å²) in [6, 6.07) is 0. The highest BCUT2D eigenvalue weighted by Crippen LogP contribution is 1.85. The molecule has 0 rings (SSSR count). The Morgan fingerprint density at radius 2 is 1.55 bits per heavy atom. The molecule has 0 fully saturated rings. The van der Waals surface area contributed by atoms with Gasteiger partial charge in [-0.1, -0.05) is 6.92 Å². The number of hydrogen-bond acceptors (Lipinski definition) is 2. The predicted octanol–water partition coefficient (Wildman–Crippen LogP) is 0.839. The first-order valence-electron chi connectivity index (χ1n) is 4.13. The van der Waals surface area contributed by atoms with Crippen LogP contribution in [0, 0.1) is 0 Å². The minimum absolute atomic E-state index is 0.244. The number of halogens is 1. The fraction of sp³-hybridized carbons (Fsp3) is 1.00. The Morgan fingerprint density at radius 3 is 2.00 bits per heavy atom. The van der Waals surface area contributed by atoms with Crippen LogP contribution in [-0.2, 0) is 0 Å². The monoisotopic (exact) mass is 162 g/mol. The van der Waals surface area contributed by atoms with Crippen molar-refractivity contribution in [2.45, 2.75) is 6.92 Å². The van der Waals surface area contributed by atoms with Gasteiger partial charge in [0.2, 0.25) is 0 Å². The van der Waals surface area contributed by atoms with Gasteiger partial charge in [0.1, 0.15) is 6.67 Å². The van der Waals surface area contributed by atoms with Gasteiger partial charge >= 0.3 is 0 Å². The van der Waals surface area contributed by atoms with E-state index in [9.17, 15) is 4.39 Å². The largest absolute Gasteiger partial charge is 0.305 e. The van der Waals surface area contributed by atoms with Crippen LogP contribution >= 0.6 is 0 Å². The topological polar surface area (TPSA) is 6.48 Å². The van der Waals surface area contributed by atoms with E-state index in [0.29, 0.717) is 6.54 Å². The second kappa shape index (κ2) is 6.55. The molecule has 0 atom stereocenters. The molecule has 0 aromatic heterocycles. The van der Waals surface area contributed by atoms with Gasteiger partial charge in [-0.25, -0.2) is 4.39 Å². The molecule has 11 heavy (non-hydrogen) atoms. The maximum atomic E-state index is 11.8. The molecule has 0 aliphatic heterocycles. The fourth-order valence-electron chi connectivity index (χ4n) is 0.756. The Kier molecular flexibility index (Phi) is 6.46. The second-order valence-corrected chi connectivity index (χ2v) is 2.89. The Hall–Kier alpha value is -0.150. The number of nitrogens with zero attached hydrogens (tertiary/aromatic N) is 2. The molecule has 0 bridgehead atoms. The van der Waals surface area contributed by atoms with Gasteiger partial charge in [0.05, 0.1) is 0 Å². The van der Waals surface area contributed by atoms with Crippen molar-refractivity contribution >= 4 is 0 Å². The van der Waals surface area contributed by atoms with Gasteiger partial charge in [-0.05, 0) is 20.6 Å². The van der Waals surface area contributed by atoms with Gasteiger partial charge < -0.3 is 9.80 Å². The minimum Gasteiger partial charge on any atom is -0.305 e. The van der Waals surface area contributed by atoms with Crippen molar-refractivity contribution < 1.29 is 4.39 Å². The third-order valence-corrected chi connectivity index (χ3v) is 1.87. The zero-order valence-corrected chi connectivity index (χ0v) is 7.81. The lowest BCUT2D eigenvalue weighted by Gasteiger charge is -2.19. The standard InChI is InChI=1S/C8H19FN2/c1-4-10(2)7-8-11(3)6-5-9/h4-8H2,1-3H3. The molecule has 68 valence electrons. The quantitative estimate of drug-likeness (QED) is 0.571. The average molecular weight is 162 g/mol. The van der Waals surface area contributed by atoms with Gasteiger partial charge in [0.25, 0.3) is 0 Å². The van der Waals surface area contributed by atoms with Gasteiger partial charge in [-0.15, -0.1) is 0 Å². The number of alkyl halides is 1. The maximum Gasteiger partial charge on any atom is 0.102 e. The lowest BCUT2D eigenvalue weighted by molar-refractivity contribution is 0.247. The van der Waals surface area contributed by atoms with E-state index in [1.165, 1.54) is 0 Å². The summed E-state index contributed by atoms with van der Waals surface area (Å²) in [7, 11) is 4.02. The van der Waals surface area contributed by atoms with E-state index in [4.69, 9.17) is 0 Å². The maximum absolute atomic E-state index is 11.8. The summed E-state index contributed by atoms with van der Waals surface area (Å²) in [5, 5.41) is 0. The SMILES string of the molecule is CCN(C)CCN(C)CCF. The molecule has 0 unspecified atom stereocenters. The predicted molar refractivity (Wildman–Crippen MR) is 46.6 cm³/mol. The van der Waals surface area contributed by atoms with E-state index in [-0.39, 0.29) is 6.67 Å². The highest BCUT2D eigenvalue weighted by Gasteiger charge is 1.98.